The average molecular weight is 487 g/mol. The van der Waals surface area contributed by atoms with Gasteiger partial charge in [0, 0.05) is 35.5 Å². The average Bonchev–Trinajstić information content (AvgIpc) is 3.41. The molecule has 2 aliphatic carbocycles. The fourth-order valence-corrected chi connectivity index (χ4v) is 6.48. The highest BCUT2D eigenvalue weighted by Gasteiger charge is 2.68. The molecule has 3 fully saturated rings. The van der Waals surface area contributed by atoms with Gasteiger partial charge in [0.2, 0.25) is 5.60 Å². The highest BCUT2D eigenvalue weighted by atomic mass is 16.7. The molecule has 36 heavy (non-hydrogen) atoms. The monoisotopic (exact) mass is 486 g/mol. The van der Waals surface area contributed by atoms with Crippen molar-refractivity contribution in [2.24, 2.45) is 11.3 Å². The van der Waals surface area contributed by atoms with Gasteiger partial charge in [0.25, 0.3) is 5.69 Å². The van der Waals surface area contributed by atoms with Crippen molar-refractivity contribution in [2.75, 3.05) is 5.06 Å². The van der Waals surface area contributed by atoms with Crippen molar-refractivity contribution in [3.8, 4) is 0 Å². The van der Waals surface area contributed by atoms with Crippen molar-refractivity contribution in [1.82, 2.24) is 0 Å². The van der Waals surface area contributed by atoms with Crippen LogP contribution in [0.25, 0.3) is 0 Å². The standard InChI is InChI=1S/C28H26N2O6/c1-17-23(31)12-14-27(2)13-11-21-25(24(17)27)35-26(32)28(21)16-22(18-7-6-10-20(15-18)30(33)34)29(36-28)19-8-4-3-5-9-19/h3-10,12,14-15,21-22,25H,11,13,16H2,1-2H3/t21-,22+,25+,27+,28?/m1/s1. The van der Waals surface area contributed by atoms with Gasteiger partial charge < -0.3 is 4.74 Å². The van der Waals surface area contributed by atoms with Gasteiger partial charge in [-0.15, -0.1) is 0 Å². The van der Waals surface area contributed by atoms with Crippen LogP contribution in [-0.2, 0) is 19.2 Å². The molecule has 1 saturated carbocycles. The molecule has 0 bridgehead atoms. The van der Waals surface area contributed by atoms with Crippen LogP contribution in [0.5, 0.6) is 0 Å². The number of allylic oxidation sites excluding steroid dienone is 3. The second-order valence-electron chi connectivity index (χ2n) is 10.3. The predicted octanol–water partition coefficient (Wildman–Crippen LogP) is 5.01. The summed E-state index contributed by atoms with van der Waals surface area (Å²) in [4.78, 5) is 43.8. The first kappa shape index (κ1) is 22.7. The number of non-ortho nitro benzene ring substituents is 1. The molecule has 184 valence electrons. The summed E-state index contributed by atoms with van der Waals surface area (Å²) in [7, 11) is 0. The molecule has 0 aromatic heterocycles. The van der Waals surface area contributed by atoms with E-state index in [0.717, 1.165) is 17.7 Å². The van der Waals surface area contributed by atoms with E-state index in [0.29, 0.717) is 17.6 Å². The summed E-state index contributed by atoms with van der Waals surface area (Å²) in [6.07, 6.45) is 4.74. The summed E-state index contributed by atoms with van der Waals surface area (Å²) in [5.74, 6) is -0.789. The first-order valence-corrected chi connectivity index (χ1v) is 12.2. The molecule has 2 saturated heterocycles. The number of para-hydroxylation sites is 1. The third-order valence-corrected chi connectivity index (χ3v) is 8.31. The number of ketones is 1. The molecule has 2 aromatic carbocycles. The summed E-state index contributed by atoms with van der Waals surface area (Å²) < 4.78 is 6.04. The van der Waals surface area contributed by atoms with Crippen LogP contribution < -0.4 is 5.06 Å². The Labute approximate surface area is 208 Å². The molecule has 8 heteroatoms. The van der Waals surface area contributed by atoms with Crippen molar-refractivity contribution in [2.45, 2.75) is 50.9 Å². The minimum Gasteiger partial charge on any atom is -0.455 e. The van der Waals surface area contributed by atoms with E-state index in [2.05, 4.69) is 6.92 Å². The smallest absolute Gasteiger partial charge is 0.342 e. The Morgan fingerprint density at radius 2 is 1.89 bits per heavy atom. The van der Waals surface area contributed by atoms with Crippen LogP contribution in [-0.4, -0.2) is 28.4 Å². The first-order chi connectivity index (χ1) is 17.2. The van der Waals surface area contributed by atoms with E-state index in [4.69, 9.17) is 9.57 Å². The number of benzene rings is 2. The van der Waals surface area contributed by atoms with E-state index in [1.807, 2.05) is 42.5 Å². The van der Waals surface area contributed by atoms with E-state index < -0.39 is 28.6 Å². The summed E-state index contributed by atoms with van der Waals surface area (Å²) >= 11 is 0. The number of carbonyl (C=O) groups excluding carboxylic acids is 2. The van der Waals surface area contributed by atoms with Gasteiger partial charge in [-0.05, 0) is 49.1 Å². The lowest BCUT2D eigenvalue weighted by molar-refractivity contribution is -0.384. The van der Waals surface area contributed by atoms with Crippen molar-refractivity contribution >= 4 is 23.1 Å². The van der Waals surface area contributed by atoms with Crippen molar-refractivity contribution in [3.63, 3.8) is 0 Å². The van der Waals surface area contributed by atoms with E-state index >= 15 is 0 Å². The summed E-state index contributed by atoms with van der Waals surface area (Å²) in [6, 6.07) is 15.4. The predicted molar refractivity (Wildman–Crippen MR) is 131 cm³/mol. The number of anilines is 1. The largest absolute Gasteiger partial charge is 0.455 e. The van der Waals surface area contributed by atoms with Gasteiger partial charge in [0.05, 0.1) is 16.7 Å². The Kier molecular flexibility index (Phi) is 4.95. The molecule has 0 amide bonds. The van der Waals surface area contributed by atoms with Crippen LogP contribution in [0.1, 0.15) is 44.7 Å². The van der Waals surface area contributed by atoms with Crippen LogP contribution in [0.4, 0.5) is 11.4 Å². The number of nitrogens with zero attached hydrogens (tertiary/aromatic N) is 2. The van der Waals surface area contributed by atoms with Crippen LogP contribution in [0.2, 0.25) is 0 Å². The molecule has 1 spiro atoms. The number of esters is 1. The van der Waals surface area contributed by atoms with Crippen molar-refractivity contribution in [3.05, 3.63) is 93.6 Å². The van der Waals surface area contributed by atoms with Crippen LogP contribution in [0.15, 0.2) is 77.9 Å². The molecule has 1 unspecified atom stereocenters. The number of hydrogen-bond acceptors (Lipinski definition) is 7. The van der Waals surface area contributed by atoms with Gasteiger partial charge in [-0.3, -0.25) is 19.7 Å². The number of fused-ring (bicyclic) bond motifs is 4. The zero-order chi connectivity index (χ0) is 25.2. The zero-order valence-electron chi connectivity index (χ0n) is 20.0. The Morgan fingerprint density at radius 1 is 1.11 bits per heavy atom. The third-order valence-electron chi connectivity index (χ3n) is 8.31. The quantitative estimate of drug-likeness (QED) is 0.341. The highest BCUT2D eigenvalue weighted by molar-refractivity contribution is 6.06. The van der Waals surface area contributed by atoms with E-state index in [1.165, 1.54) is 12.1 Å². The molecule has 5 atom stereocenters. The Hall–Kier alpha value is -3.78. The number of ether oxygens (including phenoxy) is 1. The molecular formula is C28H26N2O6. The molecule has 0 N–H and O–H groups in total. The number of hydroxylamine groups is 1. The Morgan fingerprint density at radius 3 is 2.64 bits per heavy atom. The van der Waals surface area contributed by atoms with Gasteiger partial charge >= 0.3 is 5.97 Å². The summed E-state index contributed by atoms with van der Waals surface area (Å²) in [5, 5.41) is 13.2. The topological polar surface area (TPSA) is 99.0 Å². The minimum absolute atomic E-state index is 0.0185. The highest BCUT2D eigenvalue weighted by Crippen LogP contribution is 2.59. The second-order valence-corrected chi connectivity index (χ2v) is 10.3. The molecule has 2 aromatic rings. The Bertz CT molecular complexity index is 1350. The van der Waals surface area contributed by atoms with Crippen molar-refractivity contribution in [1.29, 1.82) is 0 Å². The third kappa shape index (κ3) is 3.17. The molecule has 8 nitrogen and oxygen atoms in total. The first-order valence-electron chi connectivity index (χ1n) is 12.2. The van der Waals surface area contributed by atoms with E-state index in [-0.39, 0.29) is 29.2 Å². The molecule has 2 aliphatic heterocycles. The maximum Gasteiger partial charge on any atom is 0.342 e. The van der Waals surface area contributed by atoms with E-state index in [9.17, 15) is 19.7 Å². The summed E-state index contributed by atoms with van der Waals surface area (Å²) in [5.41, 5.74) is 1.31. The second kappa shape index (κ2) is 7.86. The van der Waals surface area contributed by atoms with Gasteiger partial charge in [-0.2, -0.15) is 0 Å². The van der Waals surface area contributed by atoms with Crippen LogP contribution in [0, 0.1) is 21.4 Å². The number of rotatable bonds is 3. The lowest BCUT2D eigenvalue weighted by atomic mass is 9.60. The minimum atomic E-state index is -1.26. The fraction of sp³-hybridized carbons (Fsp3) is 0.357. The number of nitro benzene ring substituents is 1. The molecule has 4 aliphatic rings. The number of nitro groups is 1. The maximum atomic E-state index is 13.7. The molecule has 6 rings (SSSR count). The zero-order valence-corrected chi connectivity index (χ0v) is 20.0. The lowest BCUT2D eigenvalue weighted by Crippen LogP contribution is -2.47. The van der Waals surface area contributed by atoms with Crippen LogP contribution in [0.3, 0.4) is 0 Å². The van der Waals surface area contributed by atoms with Gasteiger partial charge in [-0.1, -0.05) is 43.3 Å². The Balaban J connectivity index is 1.44. The molecule has 2 heterocycles. The molecule has 0 radical (unpaired) electrons. The van der Waals surface area contributed by atoms with E-state index in [1.54, 1.807) is 24.1 Å². The SMILES string of the molecule is CC1=C2[C@H]3OC(=O)C4(C[C@@H](c5cccc([N+](=O)[O-])c5)N(c5ccccc5)O4)[C@@H]3CC[C@@]2(C)C=CC1=O. The maximum absolute atomic E-state index is 13.7. The fourth-order valence-electron chi connectivity index (χ4n) is 6.48. The van der Waals surface area contributed by atoms with Crippen LogP contribution >= 0.6 is 0 Å². The number of carbonyl (C=O) groups is 2. The van der Waals surface area contributed by atoms with Crippen molar-refractivity contribution < 1.29 is 24.1 Å². The van der Waals surface area contributed by atoms with Gasteiger partial charge in [0.15, 0.2) is 5.78 Å². The molecular weight excluding hydrogens is 460 g/mol. The van der Waals surface area contributed by atoms with Gasteiger partial charge in [0.1, 0.15) is 6.10 Å². The normalized spacial score (nSPS) is 33.1. The number of hydrogen-bond donors (Lipinski definition) is 0. The van der Waals surface area contributed by atoms with Gasteiger partial charge in [-0.25, -0.2) is 9.86 Å². The summed E-state index contributed by atoms with van der Waals surface area (Å²) in [6.45, 7) is 3.89. The lowest BCUT2D eigenvalue weighted by Gasteiger charge is -2.44.